The fraction of sp³-hybridized carbons (Fsp3) is 0. The summed E-state index contributed by atoms with van der Waals surface area (Å²) in [6.45, 7) is 4.25. The molecule has 13 rings (SSSR count). The van der Waals surface area contributed by atoms with Gasteiger partial charge in [0.2, 0.25) is 0 Å². The Labute approximate surface area is 375 Å². The predicted molar refractivity (Wildman–Crippen MR) is 271 cm³/mol. The molecule has 5 heteroatoms. The molecule has 65 heavy (non-hydrogen) atoms. The van der Waals surface area contributed by atoms with Gasteiger partial charge in [-0.2, -0.15) is 0 Å². The molecule has 5 nitrogen and oxygen atoms in total. The lowest BCUT2D eigenvalue weighted by Crippen LogP contribution is -2.00. The number of aromatic nitrogens is 5. The maximum Gasteiger partial charge on any atom is 0.160 e. The van der Waals surface area contributed by atoms with Crippen LogP contribution in [0.1, 0.15) is 5.56 Å². The number of hydrogen-bond donors (Lipinski definition) is 0. The molecule has 0 atom stereocenters. The van der Waals surface area contributed by atoms with Crippen molar-refractivity contribution in [2.45, 2.75) is 0 Å². The minimum absolute atomic E-state index is 0.643. The van der Waals surface area contributed by atoms with Crippen LogP contribution in [-0.2, 0) is 0 Å². The normalized spacial score (nSPS) is 11.8. The Morgan fingerprint density at radius 3 is 1.09 bits per heavy atom. The molecule has 4 aromatic heterocycles. The van der Waals surface area contributed by atoms with E-state index in [0.717, 1.165) is 83.8 Å². The Hall–Kier alpha value is -8.80. The van der Waals surface area contributed by atoms with E-state index in [4.69, 9.17) is 9.97 Å². The van der Waals surface area contributed by atoms with E-state index >= 15 is 0 Å². The summed E-state index contributed by atoms with van der Waals surface area (Å²) in [5.41, 5.74) is 15.6. The summed E-state index contributed by atoms with van der Waals surface area (Å²) in [4.78, 5) is 10.9. The summed E-state index contributed by atoms with van der Waals surface area (Å²) in [5.74, 6) is 0.643. The average Bonchev–Trinajstić information content (AvgIpc) is 4.02. The first-order chi connectivity index (χ1) is 32.2. The second kappa shape index (κ2) is 14.7. The van der Waals surface area contributed by atoms with E-state index in [0.29, 0.717) is 5.82 Å². The van der Waals surface area contributed by atoms with Crippen LogP contribution in [0.2, 0.25) is 0 Å². The molecule has 4 heterocycles. The first-order valence-corrected chi connectivity index (χ1v) is 22.0. The van der Waals surface area contributed by atoms with Gasteiger partial charge in [0.25, 0.3) is 0 Å². The molecule has 0 radical (unpaired) electrons. The van der Waals surface area contributed by atoms with Crippen molar-refractivity contribution in [3.63, 3.8) is 0 Å². The molecule has 0 saturated carbocycles. The molecule has 13 aromatic rings. The monoisotopic (exact) mass is 829 g/mol. The van der Waals surface area contributed by atoms with Crippen molar-refractivity contribution in [3.05, 3.63) is 231 Å². The number of fused-ring (bicyclic) bond motifs is 9. The number of nitrogens with zero attached hydrogens (tertiary/aromatic N) is 5. The van der Waals surface area contributed by atoms with Crippen LogP contribution >= 0.6 is 0 Å². The summed E-state index contributed by atoms with van der Waals surface area (Å²) in [7, 11) is 0. The zero-order valence-electron chi connectivity index (χ0n) is 35.3. The van der Waals surface area contributed by atoms with Crippen molar-refractivity contribution in [1.82, 2.24) is 23.7 Å². The van der Waals surface area contributed by atoms with Crippen LogP contribution in [0.4, 0.5) is 0 Å². The van der Waals surface area contributed by atoms with E-state index in [2.05, 4.69) is 239 Å². The van der Waals surface area contributed by atoms with Crippen molar-refractivity contribution >= 4 is 71.5 Å². The molecule has 0 aliphatic rings. The number of benzene rings is 9. The maximum atomic E-state index is 5.45. The van der Waals surface area contributed by atoms with Crippen molar-refractivity contribution in [2.24, 2.45) is 0 Å². The summed E-state index contributed by atoms with van der Waals surface area (Å²) in [6.07, 6.45) is 1.92. The second-order valence-corrected chi connectivity index (χ2v) is 16.7. The van der Waals surface area contributed by atoms with Crippen molar-refractivity contribution in [3.8, 4) is 51.0 Å². The molecule has 0 spiro atoms. The van der Waals surface area contributed by atoms with Crippen LogP contribution < -0.4 is 0 Å². The quantitative estimate of drug-likeness (QED) is 0.161. The largest absolute Gasteiger partial charge is 0.309 e. The van der Waals surface area contributed by atoms with Crippen LogP contribution in [0.5, 0.6) is 0 Å². The fourth-order valence-corrected chi connectivity index (χ4v) is 10.1. The Morgan fingerprint density at radius 1 is 0.308 bits per heavy atom. The Morgan fingerprint density at radius 2 is 0.662 bits per heavy atom. The van der Waals surface area contributed by atoms with Gasteiger partial charge in [0.1, 0.15) is 0 Å². The Bertz CT molecular complexity index is 3710. The lowest BCUT2D eigenvalue weighted by Gasteiger charge is -2.15. The molecule has 0 N–H and O–H groups in total. The number of para-hydroxylation sites is 6. The second-order valence-electron chi connectivity index (χ2n) is 16.7. The molecule has 0 fully saturated rings. The van der Waals surface area contributed by atoms with Crippen LogP contribution in [-0.4, -0.2) is 23.7 Å². The van der Waals surface area contributed by atoms with Gasteiger partial charge in [0.15, 0.2) is 5.82 Å². The Kier molecular flexibility index (Phi) is 8.30. The number of hydrogen-bond acceptors (Lipinski definition) is 2. The summed E-state index contributed by atoms with van der Waals surface area (Å²) in [5, 5.41) is 7.32. The van der Waals surface area contributed by atoms with Gasteiger partial charge in [0.05, 0.1) is 44.5 Å². The summed E-state index contributed by atoms with van der Waals surface area (Å²) in [6, 6.07) is 77.9. The van der Waals surface area contributed by atoms with Crippen molar-refractivity contribution in [2.75, 3.05) is 0 Å². The SMILES string of the molecule is C=Cc1cc(-c2cc(-c3cccc(-n4c5ccccc5c5ccccc54)c3)nc(-c3cccc(-n4c5ccccc5c5ccccc54)c3)n2)cc(-n2c3ccccc3c3ccccc32)c1. The lowest BCUT2D eigenvalue weighted by molar-refractivity contribution is 1.15. The van der Waals surface area contributed by atoms with E-state index in [9.17, 15) is 0 Å². The zero-order chi connectivity index (χ0) is 43.0. The highest BCUT2D eigenvalue weighted by atomic mass is 15.0. The third kappa shape index (κ3) is 5.87. The zero-order valence-corrected chi connectivity index (χ0v) is 35.3. The van der Waals surface area contributed by atoms with Gasteiger partial charge in [-0.15, -0.1) is 0 Å². The molecular formula is C60H39N5. The van der Waals surface area contributed by atoms with Gasteiger partial charge < -0.3 is 13.7 Å². The first kappa shape index (κ1) is 36.8. The summed E-state index contributed by atoms with van der Waals surface area (Å²) < 4.78 is 7.06. The highest BCUT2D eigenvalue weighted by Crippen LogP contribution is 2.38. The lowest BCUT2D eigenvalue weighted by atomic mass is 10.0. The molecule has 304 valence electrons. The van der Waals surface area contributed by atoms with Gasteiger partial charge in [0, 0.05) is 66.1 Å². The topological polar surface area (TPSA) is 40.6 Å². The predicted octanol–water partition coefficient (Wildman–Crippen LogP) is 15.4. The van der Waals surface area contributed by atoms with Crippen LogP contribution in [0.15, 0.2) is 225 Å². The molecule has 0 saturated heterocycles. The van der Waals surface area contributed by atoms with Crippen LogP contribution in [0, 0.1) is 0 Å². The standard InChI is InChI=1S/C60H39N5/c1-2-39-33-42(37-45(34-39)65-58-31-13-7-25-50(58)51-26-8-14-32-59(51)65)53-38-52(40-17-15-19-43(35-40)63-54-27-9-3-21-46(54)47-22-4-10-28-55(47)63)61-60(62-53)41-18-16-20-44(36-41)64-56-29-11-5-23-48(56)49-24-6-12-30-57(49)64/h2-38H,1H2. The van der Waals surface area contributed by atoms with Crippen molar-refractivity contribution < 1.29 is 0 Å². The van der Waals surface area contributed by atoms with Gasteiger partial charge in [-0.3, -0.25) is 0 Å². The van der Waals surface area contributed by atoms with Crippen LogP contribution in [0.3, 0.4) is 0 Å². The highest BCUT2D eigenvalue weighted by Gasteiger charge is 2.19. The van der Waals surface area contributed by atoms with E-state index < -0.39 is 0 Å². The first-order valence-electron chi connectivity index (χ1n) is 22.0. The molecule has 0 unspecified atom stereocenters. The smallest absolute Gasteiger partial charge is 0.160 e. The minimum Gasteiger partial charge on any atom is -0.309 e. The minimum atomic E-state index is 0.643. The molecule has 9 aromatic carbocycles. The van der Waals surface area contributed by atoms with Crippen molar-refractivity contribution in [1.29, 1.82) is 0 Å². The highest BCUT2D eigenvalue weighted by molar-refractivity contribution is 6.11. The number of rotatable bonds is 7. The molecular weight excluding hydrogens is 791 g/mol. The van der Waals surface area contributed by atoms with Gasteiger partial charge in [-0.1, -0.05) is 146 Å². The average molecular weight is 830 g/mol. The molecule has 0 aliphatic carbocycles. The molecule has 0 aliphatic heterocycles. The summed E-state index contributed by atoms with van der Waals surface area (Å²) >= 11 is 0. The fourth-order valence-electron chi connectivity index (χ4n) is 10.1. The van der Waals surface area contributed by atoms with Crippen LogP contribution in [0.25, 0.3) is 122 Å². The third-order valence-corrected chi connectivity index (χ3v) is 13.0. The van der Waals surface area contributed by atoms with E-state index in [1.54, 1.807) is 0 Å². The van der Waals surface area contributed by atoms with Gasteiger partial charge >= 0.3 is 0 Å². The van der Waals surface area contributed by atoms with Gasteiger partial charge in [-0.25, -0.2) is 9.97 Å². The maximum absolute atomic E-state index is 5.45. The third-order valence-electron chi connectivity index (χ3n) is 13.0. The Balaban J connectivity index is 1.03. The van der Waals surface area contributed by atoms with E-state index in [1.807, 2.05) is 6.08 Å². The van der Waals surface area contributed by atoms with E-state index in [1.165, 1.54) is 32.3 Å². The van der Waals surface area contributed by atoms with Gasteiger partial charge in [-0.05, 0) is 90.5 Å². The van der Waals surface area contributed by atoms with E-state index in [-0.39, 0.29) is 0 Å². The molecule has 0 amide bonds. The molecule has 0 bridgehead atoms.